The van der Waals surface area contributed by atoms with Crippen LogP contribution in [0.1, 0.15) is 24.9 Å². The summed E-state index contributed by atoms with van der Waals surface area (Å²) in [7, 11) is 0. The molecular weight excluding hydrogens is 262 g/mol. The number of β-amino-alcohol motifs (C(OH)–C–C–N with tert-alkyl or cyclic N) is 1. The third-order valence-electron chi connectivity index (χ3n) is 3.35. The number of aliphatic hydroxyl groups excluding tert-OH is 1. The van der Waals surface area contributed by atoms with Crippen LogP contribution in [0.2, 0.25) is 0 Å². The van der Waals surface area contributed by atoms with Gasteiger partial charge in [0.25, 0.3) is 0 Å². The second-order valence-corrected chi connectivity index (χ2v) is 4.85. The summed E-state index contributed by atoms with van der Waals surface area (Å²) in [6.45, 7) is 1.82. The van der Waals surface area contributed by atoms with Gasteiger partial charge in [-0.05, 0) is 18.6 Å². The lowest BCUT2D eigenvalue weighted by molar-refractivity contribution is -0.141. The summed E-state index contributed by atoms with van der Waals surface area (Å²) in [5, 5.41) is 21.3. The van der Waals surface area contributed by atoms with Crippen LogP contribution in [-0.2, 0) is 4.79 Å². The minimum absolute atomic E-state index is 0.0303. The average molecular weight is 279 g/mol. The van der Waals surface area contributed by atoms with Gasteiger partial charge in [0.15, 0.2) is 0 Å². The standard InChI is InChI=1S/C13H17N3O4/c1-8(9-3-2-4-14-6-9)15-13(20)16-7-10(17)5-11(16)12(18)19/h2-4,6,8,10-11,17H,5,7H2,1H3,(H,15,20)(H,18,19)/t8?,10-,11-/m0/s1. The highest BCUT2D eigenvalue weighted by molar-refractivity contribution is 5.83. The zero-order chi connectivity index (χ0) is 14.7. The molecule has 0 radical (unpaired) electrons. The van der Waals surface area contributed by atoms with Crippen LogP contribution in [0.5, 0.6) is 0 Å². The quantitative estimate of drug-likeness (QED) is 0.742. The summed E-state index contributed by atoms with van der Waals surface area (Å²) >= 11 is 0. The maximum atomic E-state index is 12.1. The molecule has 3 N–H and O–H groups in total. The third-order valence-corrected chi connectivity index (χ3v) is 3.35. The number of amides is 2. The van der Waals surface area contributed by atoms with Crippen molar-refractivity contribution in [2.24, 2.45) is 0 Å². The molecule has 20 heavy (non-hydrogen) atoms. The van der Waals surface area contributed by atoms with Crippen LogP contribution in [0, 0.1) is 0 Å². The number of nitrogens with zero attached hydrogens (tertiary/aromatic N) is 2. The Kier molecular flexibility index (Phi) is 4.19. The molecule has 0 saturated carbocycles. The number of likely N-dealkylation sites (tertiary alicyclic amines) is 1. The van der Waals surface area contributed by atoms with Gasteiger partial charge in [-0.3, -0.25) is 4.98 Å². The highest BCUT2D eigenvalue weighted by atomic mass is 16.4. The number of urea groups is 1. The first-order valence-corrected chi connectivity index (χ1v) is 6.37. The summed E-state index contributed by atoms with van der Waals surface area (Å²) in [6, 6.07) is 1.82. The molecular formula is C13H17N3O4. The monoisotopic (exact) mass is 279 g/mol. The van der Waals surface area contributed by atoms with E-state index in [1.807, 2.05) is 6.07 Å². The minimum atomic E-state index is -1.11. The summed E-state index contributed by atoms with van der Waals surface area (Å²) < 4.78 is 0. The molecule has 7 nitrogen and oxygen atoms in total. The predicted octanol–water partition coefficient (Wildman–Crippen LogP) is 0.372. The van der Waals surface area contributed by atoms with Crippen LogP contribution in [0.25, 0.3) is 0 Å². The molecule has 0 aliphatic carbocycles. The number of aliphatic hydroxyl groups is 1. The number of rotatable bonds is 3. The molecule has 2 amide bonds. The Labute approximate surface area is 116 Å². The van der Waals surface area contributed by atoms with Gasteiger partial charge in [-0.25, -0.2) is 9.59 Å². The van der Waals surface area contributed by atoms with Gasteiger partial charge in [0, 0.05) is 25.4 Å². The second-order valence-electron chi connectivity index (χ2n) is 4.85. The van der Waals surface area contributed by atoms with E-state index in [4.69, 9.17) is 5.11 Å². The first-order valence-electron chi connectivity index (χ1n) is 6.37. The van der Waals surface area contributed by atoms with Gasteiger partial charge in [-0.1, -0.05) is 6.07 Å². The summed E-state index contributed by atoms with van der Waals surface area (Å²) in [6.07, 6.45) is 2.54. The second kappa shape index (κ2) is 5.87. The van der Waals surface area contributed by atoms with Crippen molar-refractivity contribution in [3.63, 3.8) is 0 Å². The molecule has 7 heteroatoms. The smallest absolute Gasteiger partial charge is 0.326 e. The Morgan fingerprint density at radius 3 is 2.90 bits per heavy atom. The maximum Gasteiger partial charge on any atom is 0.326 e. The Hall–Kier alpha value is -2.15. The van der Waals surface area contributed by atoms with E-state index in [1.165, 1.54) is 0 Å². The van der Waals surface area contributed by atoms with Crippen molar-refractivity contribution in [1.82, 2.24) is 15.2 Å². The highest BCUT2D eigenvalue weighted by Gasteiger charge is 2.39. The summed E-state index contributed by atoms with van der Waals surface area (Å²) in [5.74, 6) is -1.11. The van der Waals surface area contributed by atoms with E-state index in [0.717, 1.165) is 10.5 Å². The third kappa shape index (κ3) is 3.05. The highest BCUT2D eigenvalue weighted by Crippen LogP contribution is 2.19. The molecule has 108 valence electrons. The molecule has 1 saturated heterocycles. The number of carbonyl (C=O) groups excluding carboxylic acids is 1. The molecule has 1 aliphatic rings. The molecule has 1 fully saturated rings. The number of hydrogen-bond acceptors (Lipinski definition) is 4. The van der Waals surface area contributed by atoms with Crippen LogP contribution in [0.3, 0.4) is 0 Å². The molecule has 1 aromatic rings. The summed E-state index contributed by atoms with van der Waals surface area (Å²) in [5.41, 5.74) is 0.826. The van der Waals surface area contributed by atoms with Gasteiger partial charge in [-0.2, -0.15) is 0 Å². The Balaban J connectivity index is 2.02. The van der Waals surface area contributed by atoms with E-state index in [9.17, 15) is 14.7 Å². The number of nitrogens with one attached hydrogen (secondary N) is 1. The van der Waals surface area contributed by atoms with Gasteiger partial charge in [0.2, 0.25) is 0 Å². The van der Waals surface area contributed by atoms with Crippen molar-refractivity contribution < 1.29 is 19.8 Å². The van der Waals surface area contributed by atoms with Gasteiger partial charge in [0.1, 0.15) is 6.04 Å². The molecule has 0 spiro atoms. The average Bonchev–Trinajstić information content (AvgIpc) is 2.82. The molecule has 2 heterocycles. The summed E-state index contributed by atoms with van der Waals surface area (Å²) in [4.78, 5) is 28.3. The van der Waals surface area contributed by atoms with Crippen LogP contribution < -0.4 is 5.32 Å². The Morgan fingerprint density at radius 1 is 1.55 bits per heavy atom. The fraction of sp³-hybridized carbons (Fsp3) is 0.462. The predicted molar refractivity (Wildman–Crippen MR) is 69.9 cm³/mol. The SMILES string of the molecule is CC(NC(=O)N1C[C@@H](O)C[C@H]1C(=O)O)c1cccnc1. The van der Waals surface area contributed by atoms with Crippen LogP contribution >= 0.6 is 0 Å². The number of aliphatic carboxylic acids is 1. The normalized spacial score (nSPS) is 23.4. The minimum Gasteiger partial charge on any atom is -0.480 e. The van der Waals surface area contributed by atoms with Crippen molar-refractivity contribution in [2.75, 3.05) is 6.54 Å². The molecule has 1 unspecified atom stereocenters. The van der Waals surface area contributed by atoms with Gasteiger partial charge in [0.05, 0.1) is 12.1 Å². The van der Waals surface area contributed by atoms with E-state index in [0.29, 0.717) is 0 Å². The van der Waals surface area contributed by atoms with Crippen LogP contribution in [-0.4, -0.2) is 50.8 Å². The molecule has 0 aromatic carbocycles. The topological polar surface area (TPSA) is 103 Å². The van der Waals surface area contributed by atoms with Crippen molar-refractivity contribution in [2.45, 2.75) is 31.5 Å². The first-order chi connectivity index (χ1) is 9.49. The Morgan fingerprint density at radius 2 is 2.30 bits per heavy atom. The number of carboxylic acid groups (broad SMARTS) is 1. The number of pyridine rings is 1. The van der Waals surface area contributed by atoms with Crippen molar-refractivity contribution >= 4 is 12.0 Å². The first kappa shape index (κ1) is 14.3. The van der Waals surface area contributed by atoms with Crippen LogP contribution in [0.4, 0.5) is 4.79 Å². The van der Waals surface area contributed by atoms with Crippen molar-refractivity contribution in [1.29, 1.82) is 0 Å². The lowest BCUT2D eigenvalue weighted by atomic mass is 10.1. The number of carbonyl (C=O) groups is 2. The van der Waals surface area contributed by atoms with Crippen molar-refractivity contribution in [3.05, 3.63) is 30.1 Å². The van der Waals surface area contributed by atoms with Gasteiger partial charge in [-0.15, -0.1) is 0 Å². The van der Waals surface area contributed by atoms with E-state index < -0.39 is 24.1 Å². The lowest BCUT2D eigenvalue weighted by Gasteiger charge is -2.24. The Bertz CT molecular complexity index is 494. The molecule has 1 aliphatic heterocycles. The van der Waals surface area contributed by atoms with E-state index >= 15 is 0 Å². The zero-order valence-electron chi connectivity index (χ0n) is 11.1. The van der Waals surface area contributed by atoms with E-state index in [2.05, 4.69) is 10.3 Å². The van der Waals surface area contributed by atoms with E-state index in [-0.39, 0.29) is 19.0 Å². The van der Waals surface area contributed by atoms with Gasteiger partial charge < -0.3 is 20.4 Å². The maximum absolute atomic E-state index is 12.1. The number of hydrogen-bond donors (Lipinski definition) is 3. The van der Waals surface area contributed by atoms with Gasteiger partial charge >= 0.3 is 12.0 Å². The molecule has 0 bridgehead atoms. The number of carboxylic acids is 1. The molecule has 2 rings (SSSR count). The zero-order valence-corrected chi connectivity index (χ0v) is 11.1. The van der Waals surface area contributed by atoms with Crippen molar-refractivity contribution in [3.8, 4) is 0 Å². The lowest BCUT2D eigenvalue weighted by Crippen LogP contribution is -2.46. The molecule has 1 aromatic heterocycles. The molecule has 3 atom stereocenters. The fourth-order valence-corrected chi connectivity index (χ4v) is 2.26. The van der Waals surface area contributed by atoms with Crippen LogP contribution in [0.15, 0.2) is 24.5 Å². The fourth-order valence-electron chi connectivity index (χ4n) is 2.26. The number of aromatic nitrogens is 1. The van der Waals surface area contributed by atoms with E-state index in [1.54, 1.807) is 25.4 Å². The largest absolute Gasteiger partial charge is 0.480 e.